The summed E-state index contributed by atoms with van der Waals surface area (Å²) in [6.07, 6.45) is 0.761. The Kier molecular flexibility index (Phi) is 8.00. The van der Waals surface area contributed by atoms with Crippen LogP contribution >= 0.6 is 0 Å². The van der Waals surface area contributed by atoms with Gasteiger partial charge in [0.15, 0.2) is 0 Å². The Bertz CT molecular complexity index is 908. The molecule has 0 spiro atoms. The summed E-state index contributed by atoms with van der Waals surface area (Å²) in [6, 6.07) is 13.6. The standard InChI is InChI=1S/C23H27N3O5/c1-2-12-31-23(29)17-6-8-19(9-7-17)25-21(27)16-24-20-5-3-4-18(15-20)22(28)26-10-13-30-14-11-26/h3-9,15,24H,2,10-14,16H2,1H3,(H,25,27). The monoisotopic (exact) mass is 425 g/mol. The summed E-state index contributed by atoms with van der Waals surface area (Å²) in [5.41, 5.74) is 2.27. The molecular weight excluding hydrogens is 398 g/mol. The number of nitrogens with one attached hydrogen (secondary N) is 2. The molecule has 0 aliphatic carbocycles. The fourth-order valence-electron chi connectivity index (χ4n) is 3.07. The molecule has 2 amide bonds. The summed E-state index contributed by atoms with van der Waals surface area (Å²) in [5, 5.41) is 5.80. The van der Waals surface area contributed by atoms with Gasteiger partial charge in [-0.2, -0.15) is 0 Å². The van der Waals surface area contributed by atoms with Gasteiger partial charge in [0.05, 0.1) is 31.9 Å². The summed E-state index contributed by atoms with van der Waals surface area (Å²) < 4.78 is 10.4. The van der Waals surface area contributed by atoms with Crippen molar-refractivity contribution in [2.24, 2.45) is 0 Å². The van der Waals surface area contributed by atoms with Gasteiger partial charge in [-0.1, -0.05) is 13.0 Å². The number of hydrogen-bond donors (Lipinski definition) is 2. The molecule has 8 heteroatoms. The lowest BCUT2D eigenvalue weighted by molar-refractivity contribution is -0.114. The fraction of sp³-hybridized carbons (Fsp3) is 0.348. The van der Waals surface area contributed by atoms with Crippen molar-refractivity contribution in [3.8, 4) is 0 Å². The lowest BCUT2D eigenvalue weighted by Gasteiger charge is -2.27. The van der Waals surface area contributed by atoms with Gasteiger partial charge in [0.1, 0.15) is 0 Å². The summed E-state index contributed by atoms with van der Waals surface area (Å²) >= 11 is 0. The number of hydrogen-bond acceptors (Lipinski definition) is 6. The molecule has 1 fully saturated rings. The third-order valence-electron chi connectivity index (χ3n) is 4.70. The van der Waals surface area contributed by atoms with Crippen molar-refractivity contribution >= 4 is 29.2 Å². The van der Waals surface area contributed by atoms with Crippen LogP contribution in [0.25, 0.3) is 0 Å². The second kappa shape index (κ2) is 11.1. The van der Waals surface area contributed by atoms with Gasteiger partial charge in [0.25, 0.3) is 5.91 Å². The molecule has 0 bridgehead atoms. The first-order valence-electron chi connectivity index (χ1n) is 10.3. The zero-order valence-electron chi connectivity index (χ0n) is 17.6. The van der Waals surface area contributed by atoms with Gasteiger partial charge < -0.3 is 25.0 Å². The number of benzene rings is 2. The van der Waals surface area contributed by atoms with Crippen LogP contribution in [0.3, 0.4) is 0 Å². The number of ether oxygens (including phenoxy) is 2. The average molecular weight is 425 g/mol. The molecule has 0 radical (unpaired) electrons. The Labute approximate surface area is 181 Å². The number of amides is 2. The predicted molar refractivity (Wildman–Crippen MR) is 117 cm³/mol. The molecule has 8 nitrogen and oxygen atoms in total. The molecule has 2 aromatic rings. The van der Waals surface area contributed by atoms with Crippen LogP contribution in [0, 0.1) is 0 Å². The highest BCUT2D eigenvalue weighted by atomic mass is 16.5. The van der Waals surface area contributed by atoms with E-state index in [0.29, 0.717) is 55.4 Å². The Morgan fingerprint density at radius 2 is 1.74 bits per heavy atom. The Balaban J connectivity index is 1.50. The van der Waals surface area contributed by atoms with Gasteiger partial charge in [-0.3, -0.25) is 9.59 Å². The topological polar surface area (TPSA) is 97.0 Å². The second-order valence-corrected chi connectivity index (χ2v) is 7.10. The van der Waals surface area contributed by atoms with Crippen LogP contribution < -0.4 is 10.6 Å². The molecule has 1 aliphatic rings. The third-order valence-corrected chi connectivity index (χ3v) is 4.70. The van der Waals surface area contributed by atoms with Crippen LogP contribution in [0.4, 0.5) is 11.4 Å². The fourth-order valence-corrected chi connectivity index (χ4v) is 3.07. The molecular formula is C23H27N3O5. The van der Waals surface area contributed by atoms with Crippen molar-refractivity contribution in [2.45, 2.75) is 13.3 Å². The second-order valence-electron chi connectivity index (χ2n) is 7.10. The van der Waals surface area contributed by atoms with E-state index in [4.69, 9.17) is 9.47 Å². The molecule has 2 N–H and O–H groups in total. The lowest BCUT2D eigenvalue weighted by Crippen LogP contribution is -2.40. The molecule has 1 saturated heterocycles. The van der Waals surface area contributed by atoms with E-state index in [9.17, 15) is 14.4 Å². The highest BCUT2D eigenvalue weighted by Crippen LogP contribution is 2.14. The van der Waals surface area contributed by atoms with Crippen LogP contribution in [-0.2, 0) is 14.3 Å². The number of morpholine rings is 1. The Morgan fingerprint density at radius 3 is 2.45 bits per heavy atom. The molecule has 0 saturated carbocycles. The molecule has 0 aromatic heterocycles. The van der Waals surface area contributed by atoms with E-state index in [0.717, 1.165) is 6.42 Å². The molecule has 1 heterocycles. The largest absolute Gasteiger partial charge is 0.462 e. The lowest BCUT2D eigenvalue weighted by atomic mass is 10.1. The number of nitrogens with zero attached hydrogens (tertiary/aromatic N) is 1. The van der Waals surface area contributed by atoms with Gasteiger partial charge in [0.2, 0.25) is 5.91 Å². The van der Waals surface area contributed by atoms with E-state index < -0.39 is 0 Å². The minimum Gasteiger partial charge on any atom is -0.462 e. The first-order valence-corrected chi connectivity index (χ1v) is 10.3. The molecule has 3 rings (SSSR count). The predicted octanol–water partition coefficient (Wildman–Crippen LogP) is 2.78. The van der Waals surface area contributed by atoms with Crippen molar-refractivity contribution in [3.05, 3.63) is 59.7 Å². The maximum absolute atomic E-state index is 12.6. The molecule has 2 aromatic carbocycles. The molecule has 0 atom stereocenters. The van der Waals surface area contributed by atoms with E-state index in [1.807, 2.05) is 6.92 Å². The Hall–Kier alpha value is -3.39. The Morgan fingerprint density at radius 1 is 1.00 bits per heavy atom. The van der Waals surface area contributed by atoms with Gasteiger partial charge >= 0.3 is 5.97 Å². The van der Waals surface area contributed by atoms with Gasteiger partial charge in [-0.15, -0.1) is 0 Å². The zero-order valence-corrected chi connectivity index (χ0v) is 17.6. The first kappa shape index (κ1) is 22.3. The summed E-state index contributed by atoms with van der Waals surface area (Å²) in [4.78, 5) is 38.4. The summed E-state index contributed by atoms with van der Waals surface area (Å²) in [7, 11) is 0. The minimum absolute atomic E-state index is 0.0372. The molecule has 0 unspecified atom stereocenters. The zero-order chi connectivity index (χ0) is 22.1. The smallest absolute Gasteiger partial charge is 0.338 e. The van der Waals surface area contributed by atoms with E-state index >= 15 is 0 Å². The number of carbonyl (C=O) groups is 3. The normalized spacial score (nSPS) is 13.4. The molecule has 1 aliphatic heterocycles. The minimum atomic E-state index is -0.382. The van der Waals surface area contributed by atoms with Gasteiger partial charge in [-0.05, 0) is 48.9 Å². The number of carbonyl (C=O) groups excluding carboxylic acids is 3. The molecule has 31 heavy (non-hydrogen) atoms. The highest BCUT2D eigenvalue weighted by molar-refractivity contribution is 5.96. The van der Waals surface area contributed by atoms with Crippen LogP contribution in [0.2, 0.25) is 0 Å². The average Bonchev–Trinajstić information content (AvgIpc) is 2.82. The van der Waals surface area contributed by atoms with Crippen molar-refractivity contribution in [1.29, 1.82) is 0 Å². The number of anilines is 2. The van der Waals surface area contributed by atoms with Crippen molar-refractivity contribution in [1.82, 2.24) is 4.90 Å². The first-order chi connectivity index (χ1) is 15.1. The van der Waals surface area contributed by atoms with Crippen LogP contribution in [0.5, 0.6) is 0 Å². The maximum Gasteiger partial charge on any atom is 0.338 e. The van der Waals surface area contributed by atoms with Crippen molar-refractivity contribution in [3.63, 3.8) is 0 Å². The summed E-state index contributed by atoms with van der Waals surface area (Å²) in [5.74, 6) is -0.673. The van der Waals surface area contributed by atoms with E-state index in [2.05, 4.69) is 10.6 Å². The molecule has 164 valence electrons. The van der Waals surface area contributed by atoms with Crippen LogP contribution in [0.15, 0.2) is 48.5 Å². The maximum atomic E-state index is 12.6. The van der Waals surface area contributed by atoms with Gasteiger partial charge in [0, 0.05) is 30.0 Å². The summed E-state index contributed by atoms with van der Waals surface area (Å²) in [6.45, 7) is 4.59. The van der Waals surface area contributed by atoms with Crippen LogP contribution in [-0.4, -0.2) is 62.1 Å². The van der Waals surface area contributed by atoms with Crippen molar-refractivity contribution < 1.29 is 23.9 Å². The van der Waals surface area contributed by atoms with Gasteiger partial charge in [-0.25, -0.2) is 4.79 Å². The van der Waals surface area contributed by atoms with E-state index in [1.165, 1.54) is 0 Å². The van der Waals surface area contributed by atoms with E-state index in [-0.39, 0.29) is 24.3 Å². The number of esters is 1. The van der Waals surface area contributed by atoms with Crippen molar-refractivity contribution in [2.75, 3.05) is 50.1 Å². The van der Waals surface area contributed by atoms with E-state index in [1.54, 1.807) is 53.4 Å². The quantitative estimate of drug-likeness (QED) is 0.632. The van der Waals surface area contributed by atoms with Crippen LogP contribution in [0.1, 0.15) is 34.1 Å². The number of rotatable bonds is 8. The third kappa shape index (κ3) is 6.55. The highest BCUT2D eigenvalue weighted by Gasteiger charge is 2.18. The SMILES string of the molecule is CCCOC(=O)c1ccc(NC(=O)CNc2cccc(C(=O)N3CCOCC3)c2)cc1.